The Morgan fingerprint density at radius 3 is 2.00 bits per heavy atom. The topological polar surface area (TPSA) is 3.24 Å². The molecule has 56 valence electrons. The van der Waals surface area contributed by atoms with Crippen LogP contribution in [0.15, 0.2) is 0 Å². The van der Waals surface area contributed by atoms with Crippen LogP contribution >= 0.6 is 23.2 Å². The number of halogens is 4. The average Bonchev–Trinajstić information content (AvgIpc) is 1.65. The molecule has 0 N–H and O–H groups in total. The van der Waals surface area contributed by atoms with E-state index in [1.807, 2.05) is 0 Å². The van der Waals surface area contributed by atoms with Crippen molar-refractivity contribution >= 4 is 23.2 Å². The second kappa shape index (κ2) is 3.54. The largest absolute Gasteiger partial charge is 0.229 e. The third-order valence-corrected chi connectivity index (χ3v) is 1.43. The number of alkyl halides is 2. The highest BCUT2D eigenvalue weighted by Gasteiger charge is 2.32. The predicted octanol–water partition coefficient (Wildman–Crippen LogP) is 2.99. The molecule has 0 aliphatic rings. The molecule has 0 bridgehead atoms. The van der Waals surface area contributed by atoms with Crippen LogP contribution in [0.3, 0.4) is 0 Å². The van der Waals surface area contributed by atoms with Crippen molar-refractivity contribution < 1.29 is 8.96 Å². The zero-order valence-corrected chi connectivity index (χ0v) is 6.39. The molecule has 0 aromatic carbocycles. The monoisotopic (exact) mass is 177 g/mol. The molecular weight excluding hydrogens is 171 g/mol. The van der Waals surface area contributed by atoms with E-state index in [0.29, 0.717) is 6.42 Å². The van der Waals surface area contributed by atoms with Crippen molar-refractivity contribution in [2.75, 3.05) is 0 Å². The van der Waals surface area contributed by atoms with Crippen molar-refractivity contribution in [1.29, 1.82) is 0 Å². The van der Waals surface area contributed by atoms with Crippen molar-refractivity contribution in [3.63, 3.8) is 0 Å². The van der Waals surface area contributed by atoms with Crippen molar-refractivity contribution in [3.8, 4) is 0 Å². The van der Waals surface area contributed by atoms with Crippen LogP contribution in [0, 0.1) is 0 Å². The van der Waals surface area contributed by atoms with Gasteiger partial charge in [0.2, 0.25) is 4.46 Å². The lowest BCUT2D eigenvalue weighted by Gasteiger charge is -2.17. The van der Waals surface area contributed by atoms with Crippen molar-refractivity contribution in [2.24, 2.45) is 0 Å². The van der Waals surface area contributed by atoms with Gasteiger partial charge >= 0.3 is 0 Å². The first-order chi connectivity index (χ1) is 4.00. The summed E-state index contributed by atoms with van der Waals surface area (Å²) in [6.45, 7) is 1.73. The van der Waals surface area contributed by atoms with E-state index in [1.54, 1.807) is 6.92 Å². The Kier molecular flexibility index (Phi) is 3.70. The Balaban J connectivity index is 3.70. The quantitative estimate of drug-likeness (QED) is 0.364. The third-order valence-electron chi connectivity index (χ3n) is 0.798. The van der Waals surface area contributed by atoms with Gasteiger partial charge in [-0.15, -0.1) is 0 Å². The molecule has 0 heterocycles. The molecule has 0 aliphatic carbocycles. The minimum Gasteiger partial charge on any atom is -0.0983 e. The SMILES string of the molecule is CCCC(Cl)(Cl)N(F)F. The summed E-state index contributed by atoms with van der Waals surface area (Å²) in [6, 6.07) is 0. The van der Waals surface area contributed by atoms with Crippen LogP contribution in [-0.4, -0.2) is 9.80 Å². The smallest absolute Gasteiger partial charge is 0.0983 e. The van der Waals surface area contributed by atoms with Crippen molar-refractivity contribution in [3.05, 3.63) is 0 Å². The summed E-state index contributed by atoms with van der Waals surface area (Å²) in [5.74, 6) is 0. The number of nitrogens with zero attached hydrogens (tertiary/aromatic N) is 1. The molecule has 0 spiro atoms. The van der Waals surface area contributed by atoms with E-state index in [-0.39, 0.29) is 6.42 Å². The summed E-state index contributed by atoms with van der Waals surface area (Å²) < 4.78 is 21.1. The van der Waals surface area contributed by atoms with E-state index in [2.05, 4.69) is 0 Å². The summed E-state index contributed by atoms with van der Waals surface area (Å²) in [4.78, 5) is 0. The van der Waals surface area contributed by atoms with Gasteiger partial charge in [0.05, 0.1) is 5.34 Å². The lowest BCUT2D eigenvalue weighted by molar-refractivity contribution is -0.180. The third kappa shape index (κ3) is 3.18. The Morgan fingerprint density at radius 2 is 1.89 bits per heavy atom. The Hall–Kier alpha value is 0.400. The lowest BCUT2D eigenvalue weighted by Crippen LogP contribution is -2.25. The standard InChI is InChI=1S/C4H7Cl2F2N/c1-2-3-4(5,6)9(7)8/h2-3H2,1H3. The van der Waals surface area contributed by atoms with Gasteiger partial charge in [-0.3, -0.25) is 0 Å². The molecule has 0 saturated carbocycles. The van der Waals surface area contributed by atoms with Crippen LogP contribution < -0.4 is 0 Å². The second-order valence-corrected chi connectivity index (χ2v) is 3.09. The van der Waals surface area contributed by atoms with Gasteiger partial charge in [-0.25, -0.2) is 0 Å². The van der Waals surface area contributed by atoms with E-state index in [9.17, 15) is 8.96 Å². The first-order valence-corrected chi connectivity index (χ1v) is 3.26. The second-order valence-electron chi connectivity index (χ2n) is 1.65. The summed E-state index contributed by atoms with van der Waals surface area (Å²) in [5.41, 5.74) is 0. The Bertz CT molecular complexity index is 86.6. The van der Waals surface area contributed by atoms with Crippen molar-refractivity contribution in [1.82, 2.24) is 5.34 Å². The van der Waals surface area contributed by atoms with Crippen LogP contribution in [0.4, 0.5) is 8.96 Å². The highest BCUT2D eigenvalue weighted by atomic mass is 35.5. The maximum absolute atomic E-state index is 11.6. The molecule has 0 unspecified atom stereocenters. The molecular formula is C4H7Cl2F2N. The molecule has 0 aromatic heterocycles. The van der Waals surface area contributed by atoms with Crippen LogP contribution in [0.1, 0.15) is 19.8 Å². The molecule has 0 atom stereocenters. The number of rotatable bonds is 3. The molecule has 9 heavy (non-hydrogen) atoms. The molecule has 0 fully saturated rings. The summed E-state index contributed by atoms with van der Waals surface area (Å²) in [5, 5.41) is -1.19. The number of hydrogen-bond acceptors (Lipinski definition) is 1. The highest BCUT2D eigenvalue weighted by molar-refractivity contribution is 6.47. The van der Waals surface area contributed by atoms with Gasteiger partial charge < -0.3 is 0 Å². The fraction of sp³-hybridized carbons (Fsp3) is 1.00. The zero-order chi connectivity index (χ0) is 7.49. The lowest BCUT2D eigenvalue weighted by atomic mass is 10.3. The minimum absolute atomic E-state index is 0.0586. The summed E-state index contributed by atoms with van der Waals surface area (Å²) in [7, 11) is 0. The fourth-order valence-electron chi connectivity index (χ4n) is 0.385. The maximum Gasteiger partial charge on any atom is 0.229 e. The van der Waals surface area contributed by atoms with Crippen LogP contribution in [0.5, 0.6) is 0 Å². The molecule has 1 nitrogen and oxygen atoms in total. The van der Waals surface area contributed by atoms with E-state index in [1.165, 1.54) is 0 Å². The molecule has 0 aliphatic heterocycles. The van der Waals surface area contributed by atoms with Gasteiger partial charge in [0, 0.05) is 0 Å². The normalized spacial score (nSPS) is 12.7. The molecule has 0 aromatic rings. The number of hydrogen-bond donors (Lipinski definition) is 0. The van der Waals surface area contributed by atoms with Gasteiger partial charge in [-0.05, 0) is 6.42 Å². The summed E-state index contributed by atoms with van der Waals surface area (Å²) >= 11 is 10.2. The Labute approximate surface area is 62.4 Å². The Morgan fingerprint density at radius 1 is 1.44 bits per heavy atom. The maximum atomic E-state index is 11.6. The van der Waals surface area contributed by atoms with E-state index >= 15 is 0 Å². The molecule has 5 heteroatoms. The van der Waals surface area contributed by atoms with Crippen molar-refractivity contribution in [2.45, 2.75) is 24.2 Å². The van der Waals surface area contributed by atoms with E-state index < -0.39 is 9.80 Å². The van der Waals surface area contributed by atoms with Gasteiger partial charge in [-0.2, -0.15) is 0 Å². The first kappa shape index (κ1) is 9.40. The molecule has 0 amide bonds. The fourth-order valence-corrected chi connectivity index (χ4v) is 0.763. The van der Waals surface area contributed by atoms with Gasteiger partial charge in [0.25, 0.3) is 0 Å². The molecule has 0 saturated heterocycles. The van der Waals surface area contributed by atoms with Crippen LogP contribution in [-0.2, 0) is 0 Å². The molecule has 0 radical (unpaired) electrons. The zero-order valence-electron chi connectivity index (χ0n) is 4.87. The summed E-state index contributed by atoms with van der Waals surface area (Å²) in [6.07, 6.45) is 0.584. The molecule has 0 rings (SSSR count). The van der Waals surface area contributed by atoms with Crippen LogP contribution in [0.25, 0.3) is 0 Å². The predicted molar refractivity (Wildman–Crippen MR) is 33.4 cm³/mol. The van der Waals surface area contributed by atoms with Gasteiger partial charge in [0.1, 0.15) is 0 Å². The van der Waals surface area contributed by atoms with Gasteiger partial charge in [0.15, 0.2) is 0 Å². The minimum atomic E-state index is -2.01. The van der Waals surface area contributed by atoms with E-state index in [4.69, 9.17) is 23.2 Å². The van der Waals surface area contributed by atoms with Crippen LogP contribution in [0.2, 0.25) is 0 Å². The van der Waals surface area contributed by atoms with Gasteiger partial charge in [-0.1, -0.05) is 45.5 Å². The highest BCUT2D eigenvalue weighted by Crippen LogP contribution is 2.31. The van der Waals surface area contributed by atoms with E-state index in [0.717, 1.165) is 0 Å². The first-order valence-electron chi connectivity index (χ1n) is 2.50. The average molecular weight is 178 g/mol.